The minimum atomic E-state index is -0.848. The Bertz CT molecular complexity index is 767. The standard InChI is InChI=1S/C19H21N3O3S/c1-22-11-15(10-16(22)19(24)25)21-18(23)14-7-5-13(6-8-14)12-26-17-4-2-3-9-20-17/h2-9,15-16H,10-12H2,1H3,(H,21,23)(H,24,25)/t15-,16-/m0/s1. The summed E-state index contributed by atoms with van der Waals surface area (Å²) in [6.45, 7) is 0.543. The molecule has 1 amide bonds. The topological polar surface area (TPSA) is 82.5 Å². The zero-order valence-corrected chi connectivity index (χ0v) is 15.3. The second-order valence-electron chi connectivity index (χ2n) is 6.35. The first-order valence-electron chi connectivity index (χ1n) is 8.39. The Morgan fingerprint density at radius 2 is 2.04 bits per heavy atom. The van der Waals surface area contributed by atoms with Crippen LogP contribution in [0.25, 0.3) is 0 Å². The smallest absolute Gasteiger partial charge is 0.320 e. The first-order chi connectivity index (χ1) is 12.5. The molecule has 7 heteroatoms. The Labute approximate surface area is 156 Å². The molecule has 0 saturated carbocycles. The van der Waals surface area contributed by atoms with Gasteiger partial charge in [-0.15, -0.1) is 11.8 Å². The van der Waals surface area contributed by atoms with E-state index in [4.69, 9.17) is 5.11 Å². The highest BCUT2D eigenvalue weighted by Gasteiger charge is 2.35. The van der Waals surface area contributed by atoms with Crippen molar-refractivity contribution < 1.29 is 14.7 Å². The van der Waals surface area contributed by atoms with E-state index in [1.54, 1.807) is 42.0 Å². The van der Waals surface area contributed by atoms with Gasteiger partial charge >= 0.3 is 5.97 Å². The van der Waals surface area contributed by atoms with Crippen LogP contribution in [-0.4, -0.2) is 52.5 Å². The van der Waals surface area contributed by atoms with Crippen LogP contribution in [-0.2, 0) is 10.5 Å². The number of carboxylic acids is 1. The Balaban J connectivity index is 1.53. The van der Waals surface area contributed by atoms with Crippen LogP contribution in [0.1, 0.15) is 22.3 Å². The van der Waals surface area contributed by atoms with Gasteiger partial charge in [-0.1, -0.05) is 18.2 Å². The third-order valence-corrected chi connectivity index (χ3v) is 5.42. The second kappa shape index (κ2) is 8.33. The van der Waals surface area contributed by atoms with Crippen LogP contribution in [0, 0.1) is 0 Å². The maximum atomic E-state index is 12.4. The van der Waals surface area contributed by atoms with Crippen LogP contribution < -0.4 is 5.32 Å². The van der Waals surface area contributed by atoms with Gasteiger partial charge in [0.15, 0.2) is 0 Å². The minimum Gasteiger partial charge on any atom is -0.480 e. The lowest BCUT2D eigenvalue weighted by Gasteiger charge is -2.13. The summed E-state index contributed by atoms with van der Waals surface area (Å²) in [6, 6.07) is 12.6. The first kappa shape index (κ1) is 18.4. The summed E-state index contributed by atoms with van der Waals surface area (Å²) in [5, 5.41) is 13.0. The molecule has 0 spiro atoms. The number of rotatable bonds is 6. The molecule has 6 nitrogen and oxygen atoms in total. The number of thioether (sulfide) groups is 1. The molecule has 1 saturated heterocycles. The number of hydrogen-bond acceptors (Lipinski definition) is 5. The molecule has 1 aromatic heterocycles. The zero-order chi connectivity index (χ0) is 18.5. The average Bonchev–Trinajstić information content (AvgIpc) is 3.01. The Morgan fingerprint density at radius 1 is 1.27 bits per heavy atom. The Morgan fingerprint density at radius 3 is 2.65 bits per heavy atom. The number of pyridine rings is 1. The van der Waals surface area contributed by atoms with Crippen LogP contribution >= 0.6 is 11.8 Å². The first-order valence-corrected chi connectivity index (χ1v) is 9.38. The summed E-state index contributed by atoms with van der Waals surface area (Å²) in [5.74, 6) is -0.232. The third-order valence-electron chi connectivity index (χ3n) is 4.41. The second-order valence-corrected chi connectivity index (χ2v) is 7.35. The van der Waals surface area contributed by atoms with Crippen LogP contribution in [0.3, 0.4) is 0 Å². The summed E-state index contributed by atoms with van der Waals surface area (Å²) >= 11 is 1.64. The van der Waals surface area contributed by atoms with Crippen molar-refractivity contribution in [1.29, 1.82) is 0 Å². The number of hydrogen-bond donors (Lipinski definition) is 2. The fourth-order valence-corrected chi connectivity index (χ4v) is 3.82. The van der Waals surface area contributed by atoms with Gasteiger partial charge in [-0.3, -0.25) is 14.5 Å². The highest BCUT2D eigenvalue weighted by atomic mass is 32.2. The monoisotopic (exact) mass is 371 g/mol. The molecule has 26 heavy (non-hydrogen) atoms. The molecule has 0 radical (unpaired) electrons. The van der Waals surface area contributed by atoms with Gasteiger partial charge in [0.1, 0.15) is 6.04 Å². The lowest BCUT2D eigenvalue weighted by atomic mass is 10.1. The zero-order valence-electron chi connectivity index (χ0n) is 14.5. The molecule has 0 unspecified atom stereocenters. The van der Waals surface area contributed by atoms with E-state index in [2.05, 4.69) is 10.3 Å². The van der Waals surface area contributed by atoms with E-state index < -0.39 is 12.0 Å². The maximum absolute atomic E-state index is 12.4. The highest BCUT2D eigenvalue weighted by Crippen LogP contribution is 2.21. The fourth-order valence-electron chi connectivity index (χ4n) is 3.00. The predicted molar refractivity (Wildman–Crippen MR) is 100 cm³/mol. The van der Waals surface area contributed by atoms with Gasteiger partial charge in [0.2, 0.25) is 0 Å². The molecule has 2 aromatic rings. The summed E-state index contributed by atoms with van der Waals surface area (Å²) in [4.78, 5) is 29.6. The SMILES string of the molecule is CN1C[C@@H](NC(=O)c2ccc(CSc3ccccn3)cc2)C[C@H]1C(=O)O. The normalized spacial score (nSPS) is 20.0. The number of aliphatic carboxylic acids is 1. The van der Waals surface area contributed by atoms with Crippen LogP contribution in [0.15, 0.2) is 53.7 Å². The number of likely N-dealkylation sites (N-methyl/N-ethyl adjacent to an activating group) is 1. The lowest BCUT2D eigenvalue weighted by molar-refractivity contribution is -0.141. The third kappa shape index (κ3) is 4.62. The van der Waals surface area contributed by atoms with E-state index in [1.165, 1.54) is 0 Å². The van der Waals surface area contributed by atoms with Crippen molar-refractivity contribution in [1.82, 2.24) is 15.2 Å². The molecule has 0 aliphatic carbocycles. The van der Waals surface area contributed by atoms with Crippen LogP contribution in [0.2, 0.25) is 0 Å². The van der Waals surface area contributed by atoms with Crippen molar-refractivity contribution in [3.8, 4) is 0 Å². The molecule has 1 aliphatic heterocycles. The van der Waals surface area contributed by atoms with Crippen LogP contribution in [0.5, 0.6) is 0 Å². The molecular weight excluding hydrogens is 350 g/mol. The van der Waals surface area contributed by atoms with Gasteiger partial charge < -0.3 is 10.4 Å². The number of nitrogens with zero attached hydrogens (tertiary/aromatic N) is 2. The molecule has 2 atom stereocenters. The Hall–Kier alpha value is -2.38. The van der Waals surface area contributed by atoms with Crippen molar-refractivity contribution >= 4 is 23.6 Å². The van der Waals surface area contributed by atoms with Gasteiger partial charge in [-0.05, 0) is 43.3 Å². The maximum Gasteiger partial charge on any atom is 0.320 e. The van der Waals surface area contributed by atoms with E-state index >= 15 is 0 Å². The molecule has 1 aliphatic rings. The van der Waals surface area contributed by atoms with Gasteiger partial charge in [-0.2, -0.15) is 0 Å². The van der Waals surface area contributed by atoms with Gasteiger partial charge in [0, 0.05) is 30.1 Å². The summed E-state index contributed by atoms with van der Waals surface area (Å²) in [6.07, 6.45) is 2.20. The summed E-state index contributed by atoms with van der Waals surface area (Å²) < 4.78 is 0. The molecule has 136 valence electrons. The molecule has 2 N–H and O–H groups in total. The molecule has 2 heterocycles. The van der Waals surface area contributed by atoms with Crippen molar-refractivity contribution in [2.75, 3.05) is 13.6 Å². The number of carbonyl (C=O) groups excluding carboxylic acids is 1. The number of amides is 1. The molecule has 1 aromatic carbocycles. The average molecular weight is 371 g/mol. The van der Waals surface area contributed by atoms with Gasteiger partial charge in [-0.25, -0.2) is 4.98 Å². The van der Waals surface area contributed by atoms with E-state index in [0.29, 0.717) is 18.5 Å². The lowest BCUT2D eigenvalue weighted by Crippen LogP contribution is -2.36. The fraction of sp³-hybridized carbons (Fsp3) is 0.316. The van der Waals surface area contributed by atoms with E-state index in [9.17, 15) is 9.59 Å². The number of nitrogens with one attached hydrogen (secondary N) is 1. The summed E-state index contributed by atoms with van der Waals surface area (Å²) in [7, 11) is 1.76. The number of aromatic nitrogens is 1. The Kier molecular flexibility index (Phi) is 5.90. The highest BCUT2D eigenvalue weighted by molar-refractivity contribution is 7.98. The van der Waals surface area contributed by atoms with Gasteiger partial charge in [0.05, 0.1) is 5.03 Å². The van der Waals surface area contributed by atoms with E-state index in [1.807, 2.05) is 30.3 Å². The van der Waals surface area contributed by atoms with Crippen molar-refractivity contribution in [3.63, 3.8) is 0 Å². The summed E-state index contributed by atoms with van der Waals surface area (Å²) in [5.41, 5.74) is 1.70. The van der Waals surface area contributed by atoms with E-state index in [0.717, 1.165) is 16.3 Å². The van der Waals surface area contributed by atoms with E-state index in [-0.39, 0.29) is 11.9 Å². The number of carbonyl (C=O) groups is 2. The predicted octanol–water partition coefficient (Wildman–Crippen LogP) is 2.26. The number of benzene rings is 1. The number of likely N-dealkylation sites (tertiary alicyclic amines) is 1. The minimum absolute atomic E-state index is 0.145. The van der Waals surface area contributed by atoms with Gasteiger partial charge in [0.25, 0.3) is 5.91 Å². The largest absolute Gasteiger partial charge is 0.480 e. The van der Waals surface area contributed by atoms with Crippen molar-refractivity contribution in [3.05, 3.63) is 59.8 Å². The molecule has 1 fully saturated rings. The van der Waals surface area contributed by atoms with Crippen LogP contribution in [0.4, 0.5) is 0 Å². The van der Waals surface area contributed by atoms with Crippen molar-refractivity contribution in [2.45, 2.75) is 29.3 Å². The molecule has 3 rings (SSSR count). The number of carboxylic acid groups (broad SMARTS) is 1. The molecule has 0 bridgehead atoms. The quantitative estimate of drug-likeness (QED) is 0.758. The molecular formula is C19H21N3O3S. The van der Waals surface area contributed by atoms with Crippen molar-refractivity contribution in [2.24, 2.45) is 0 Å².